The Kier molecular flexibility index (Phi) is 5.00. The summed E-state index contributed by atoms with van der Waals surface area (Å²) in [6, 6.07) is 9.52. The number of hydrogen-bond donors (Lipinski definition) is 1. The van der Waals surface area contributed by atoms with Gasteiger partial charge in [0.15, 0.2) is 0 Å². The summed E-state index contributed by atoms with van der Waals surface area (Å²) in [6.07, 6.45) is 6.35. The van der Waals surface area contributed by atoms with Gasteiger partial charge in [0.05, 0.1) is 12.8 Å². The fourth-order valence-corrected chi connectivity index (χ4v) is 5.10. The van der Waals surface area contributed by atoms with Gasteiger partial charge in [0.2, 0.25) is 0 Å². The Bertz CT molecular complexity index is 1080. The van der Waals surface area contributed by atoms with Crippen molar-refractivity contribution in [2.45, 2.75) is 45.1 Å². The quantitative estimate of drug-likeness (QED) is 0.659. The van der Waals surface area contributed by atoms with Crippen molar-refractivity contribution < 1.29 is 9.53 Å². The zero-order valence-corrected chi connectivity index (χ0v) is 18.0. The predicted molar refractivity (Wildman–Crippen MR) is 116 cm³/mol. The van der Waals surface area contributed by atoms with Crippen LogP contribution >= 0.6 is 0 Å². The Morgan fingerprint density at radius 2 is 2.19 bits per heavy atom. The highest BCUT2D eigenvalue weighted by Crippen LogP contribution is 2.55. The number of nitrogens with zero attached hydrogens (tertiary/aromatic N) is 5. The molecule has 0 radical (unpaired) electrons. The molecule has 2 aromatic heterocycles. The third-order valence-electron chi connectivity index (χ3n) is 6.88. The van der Waals surface area contributed by atoms with Crippen molar-refractivity contribution in [3.8, 4) is 17.0 Å². The van der Waals surface area contributed by atoms with E-state index in [0.29, 0.717) is 12.2 Å². The summed E-state index contributed by atoms with van der Waals surface area (Å²) in [4.78, 5) is 15.3. The van der Waals surface area contributed by atoms with Crippen LogP contribution in [0.1, 0.15) is 54.8 Å². The van der Waals surface area contributed by atoms with Gasteiger partial charge in [-0.15, -0.1) is 10.2 Å². The molecule has 5 rings (SSSR count). The number of nitrogens with one attached hydrogen (secondary N) is 1. The first kappa shape index (κ1) is 19.8. The number of benzene rings is 1. The maximum absolute atomic E-state index is 13.4. The molecule has 162 valence electrons. The van der Waals surface area contributed by atoms with Gasteiger partial charge in [-0.05, 0) is 42.9 Å². The maximum atomic E-state index is 13.4. The van der Waals surface area contributed by atoms with Gasteiger partial charge < -0.3 is 14.2 Å². The number of ether oxygens (including phenoxy) is 1. The number of aromatic amines is 1. The average Bonchev–Trinajstić information content (AvgIpc) is 3.50. The molecule has 1 spiro atoms. The molecule has 1 aliphatic heterocycles. The molecular formula is C23H28N6O2. The number of rotatable bonds is 6. The topological polar surface area (TPSA) is 88.9 Å². The summed E-state index contributed by atoms with van der Waals surface area (Å²) in [5.74, 6) is 2.02. The molecule has 1 saturated heterocycles. The predicted octanol–water partition coefficient (Wildman–Crippen LogP) is 3.50. The number of aromatic nitrogens is 5. The van der Waals surface area contributed by atoms with E-state index in [4.69, 9.17) is 4.74 Å². The van der Waals surface area contributed by atoms with Crippen LogP contribution in [0.25, 0.3) is 11.3 Å². The van der Waals surface area contributed by atoms with Gasteiger partial charge in [-0.25, -0.2) is 0 Å². The van der Waals surface area contributed by atoms with E-state index in [-0.39, 0.29) is 17.2 Å². The van der Waals surface area contributed by atoms with E-state index in [0.717, 1.165) is 55.2 Å². The zero-order valence-electron chi connectivity index (χ0n) is 18.0. The van der Waals surface area contributed by atoms with Gasteiger partial charge in [0.1, 0.15) is 23.6 Å². The fraction of sp³-hybridized carbons (Fsp3) is 0.478. The third-order valence-corrected chi connectivity index (χ3v) is 6.88. The number of methoxy groups -OCH3 is 1. The van der Waals surface area contributed by atoms with E-state index in [1.54, 1.807) is 7.11 Å². The van der Waals surface area contributed by atoms with Crippen molar-refractivity contribution in [2.75, 3.05) is 20.2 Å². The molecule has 8 heteroatoms. The Hall–Kier alpha value is -3.16. The molecule has 1 amide bonds. The van der Waals surface area contributed by atoms with Crippen LogP contribution in [0.3, 0.4) is 0 Å². The van der Waals surface area contributed by atoms with E-state index >= 15 is 0 Å². The van der Waals surface area contributed by atoms with E-state index in [2.05, 4.69) is 31.9 Å². The van der Waals surface area contributed by atoms with Gasteiger partial charge in [0.25, 0.3) is 5.91 Å². The molecule has 31 heavy (non-hydrogen) atoms. The largest absolute Gasteiger partial charge is 0.497 e. The van der Waals surface area contributed by atoms with Crippen LogP contribution in [0.2, 0.25) is 0 Å². The number of hydrogen-bond acceptors (Lipinski definition) is 5. The Balaban J connectivity index is 1.38. The zero-order chi connectivity index (χ0) is 21.4. The maximum Gasteiger partial charge on any atom is 0.271 e. The normalized spacial score (nSPS) is 19.5. The second kappa shape index (κ2) is 7.83. The number of carbonyl (C=O) groups excluding carboxylic acids is 1. The van der Waals surface area contributed by atoms with Crippen LogP contribution in [0.15, 0.2) is 36.7 Å². The number of likely N-dealkylation sites (tertiary alicyclic amines) is 1. The summed E-state index contributed by atoms with van der Waals surface area (Å²) >= 11 is 0. The highest BCUT2D eigenvalue weighted by Gasteiger charge is 2.53. The van der Waals surface area contributed by atoms with Crippen LogP contribution in [0, 0.1) is 5.41 Å². The first-order valence-corrected chi connectivity index (χ1v) is 11.0. The van der Waals surface area contributed by atoms with E-state index in [1.165, 1.54) is 6.42 Å². The van der Waals surface area contributed by atoms with Crippen LogP contribution in [0.5, 0.6) is 5.75 Å². The first-order chi connectivity index (χ1) is 15.1. The SMILES string of the molecule is CCCn1cnnc1C1CN(C(=O)c2cc(-c3cccc(OC)c3)n[nH]2)CC12CCC2. The van der Waals surface area contributed by atoms with Crippen molar-refractivity contribution in [2.24, 2.45) is 5.41 Å². The Morgan fingerprint density at radius 1 is 1.32 bits per heavy atom. The van der Waals surface area contributed by atoms with Gasteiger partial charge in [-0.1, -0.05) is 25.5 Å². The highest BCUT2D eigenvalue weighted by molar-refractivity contribution is 5.93. The molecule has 3 aromatic rings. The van der Waals surface area contributed by atoms with Gasteiger partial charge in [-0.2, -0.15) is 5.10 Å². The molecule has 1 atom stereocenters. The summed E-state index contributed by atoms with van der Waals surface area (Å²) in [6.45, 7) is 4.51. The van der Waals surface area contributed by atoms with Crippen molar-refractivity contribution in [3.05, 3.63) is 48.2 Å². The molecule has 1 saturated carbocycles. The summed E-state index contributed by atoms with van der Waals surface area (Å²) in [7, 11) is 1.64. The first-order valence-electron chi connectivity index (χ1n) is 11.0. The van der Waals surface area contributed by atoms with E-state index in [9.17, 15) is 4.79 Å². The van der Waals surface area contributed by atoms with Gasteiger partial charge in [0, 0.05) is 31.1 Å². The average molecular weight is 421 g/mol. The Labute approximate surface area is 181 Å². The van der Waals surface area contributed by atoms with Crippen LogP contribution in [-0.2, 0) is 6.54 Å². The molecule has 2 fully saturated rings. The molecule has 1 aromatic carbocycles. The van der Waals surface area contributed by atoms with Crippen LogP contribution in [0.4, 0.5) is 0 Å². The van der Waals surface area contributed by atoms with Gasteiger partial charge in [-0.3, -0.25) is 9.89 Å². The third kappa shape index (κ3) is 3.40. The van der Waals surface area contributed by atoms with E-state index in [1.807, 2.05) is 41.6 Å². The van der Waals surface area contributed by atoms with Gasteiger partial charge >= 0.3 is 0 Å². The number of carbonyl (C=O) groups is 1. The number of aryl methyl sites for hydroxylation is 1. The van der Waals surface area contributed by atoms with E-state index < -0.39 is 0 Å². The summed E-state index contributed by atoms with van der Waals surface area (Å²) in [5.41, 5.74) is 2.29. The molecule has 0 bridgehead atoms. The molecule has 1 N–H and O–H groups in total. The van der Waals surface area contributed by atoms with Crippen molar-refractivity contribution in [1.82, 2.24) is 29.9 Å². The molecule has 1 unspecified atom stereocenters. The summed E-state index contributed by atoms with van der Waals surface area (Å²) < 4.78 is 7.46. The second-order valence-corrected chi connectivity index (χ2v) is 8.74. The lowest BCUT2D eigenvalue weighted by molar-refractivity contribution is 0.0718. The number of H-pyrrole nitrogens is 1. The minimum atomic E-state index is -0.00280. The Morgan fingerprint density at radius 3 is 2.94 bits per heavy atom. The monoisotopic (exact) mass is 420 g/mol. The van der Waals surface area contributed by atoms with Crippen molar-refractivity contribution in [1.29, 1.82) is 0 Å². The lowest BCUT2D eigenvalue weighted by Gasteiger charge is -2.42. The lowest BCUT2D eigenvalue weighted by Crippen LogP contribution is -2.38. The minimum Gasteiger partial charge on any atom is -0.497 e. The fourth-order valence-electron chi connectivity index (χ4n) is 5.10. The minimum absolute atomic E-state index is 0.00280. The standard InChI is InChI=1S/C23H28N6O2/c1-3-10-28-15-24-27-21(28)18-13-29(14-23(18)8-5-9-23)22(30)20-12-19(25-26-20)16-6-4-7-17(11-16)31-2/h4,6-7,11-12,15,18H,3,5,8-10,13-14H2,1-2H3,(H,25,26). The van der Waals surface area contributed by atoms with Crippen LogP contribution < -0.4 is 4.74 Å². The smallest absolute Gasteiger partial charge is 0.271 e. The van der Waals surface area contributed by atoms with Crippen LogP contribution in [-0.4, -0.2) is 56.0 Å². The molecule has 8 nitrogen and oxygen atoms in total. The molecular weight excluding hydrogens is 392 g/mol. The number of amides is 1. The molecule has 1 aliphatic carbocycles. The molecule has 2 aliphatic rings. The van der Waals surface area contributed by atoms with Crippen molar-refractivity contribution in [3.63, 3.8) is 0 Å². The molecule has 3 heterocycles. The highest BCUT2D eigenvalue weighted by atomic mass is 16.5. The second-order valence-electron chi connectivity index (χ2n) is 8.74. The lowest BCUT2D eigenvalue weighted by atomic mass is 9.62. The van der Waals surface area contributed by atoms with Crippen molar-refractivity contribution >= 4 is 5.91 Å². The summed E-state index contributed by atoms with van der Waals surface area (Å²) in [5, 5.41) is 16.0.